The van der Waals surface area contributed by atoms with Gasteiger partial charge in [-0.2, -0.15) is 0 Å². The summed E-state index contributed by atoms with van der Waals surface area (Å²) in [5.74, 6) is -0.438. The molecular weight excluding hydrogens is 381 g/mol. The van der Waals surface area contributed by atoms with Crippen molar-refractivity contribution in [1.29, 1.82) is 0 Å². The summed E-state index contributed by atoms with van der Waals surface area (Å²) in [5.41, 5.74) is 4.08. The summed E-state index contributed by atoms with van der Waals surface area (Å²) < 4.78 is 17.2. The quantitative estimate of drug-likeness (QED) is 0.508. The number of hydrogen-bond acceptors (Lipinski definition) is 2. The molecule has 2 aromatic heterocycles. The molecule has 0 aliphatic rings. The number of aryl methyl sites for hydroxylation is 2. The number of carbonyl (C=O) groups is 1. The average Bonchev–Trinajstić information content (AvgIpc) is 3.22. The number of rotatable bonds is 7. The Hall–Kier alpha value is -3.41. The molecule has 0 unspecified atom stereocenters. The van der Waals surface area contributed by atoms with Gasteiger partial charge in [-0.25, -0.2) is 4.39 Å². The highest BCUT2D eigenvalue weighted by atomic mass is 19.1. The first-order valence-corrected chi connectivity index (χ1v) is 10.1. The molecule has 0 atom stereocenters. The van der Waals surface area contributed by atoms with Crippen LogP contribution in [0.25, 0.3) is 16.6 Å². The van der Waals surface area contributed by atoms with Gasteiger partial charge in [-0.3, -0.25) is 9.59 Å². The summed E-state index contributed by atoms with van der Waals surface area (Å²) >= 11 is 0. The van der Waals surface area contributed by atoms with Crippen LogP contribution in [0.5, 0.6) is 0 Å². The molecule has 0 aliphatic carbocycles. The molecule has 5 nitrogen and oxygen atoms in total. The molecule has 0 radical (unpaired) electrons. The number of carbonyl (C=O) groups excluding carboxylic acids is 1. The van der Waals surface area contributed by atoms with Crippen LogP contribution in [0.15, 0.2) is 65.6 Å². The SMILES string of the molecule is Cc1ccccc1CCNC(=O)CCCn1c(=O)c2cccn2c2ccc(F)cc21. The summed E-state index contributed by atoms with van der Waals surface area (Å²) in [4.78, 5) is 25.1. The van der Waals surface area contributed by atoms with Crippen molar-refractivity contribution in [3.05, 3.63) is 88.1 Å². The molecule has 0 fully saturated rings. The van der Waals surface area contributed by atoms with Crippen molar-refractivity contribution in [2.75, 3.05) is 6.54 Å². The lowest BCUT2D eigenvalue weighted by Gasteiger charge is -2.13. The van der Waals surface area contributed by atoms with Crippen molar-refractivity contribution in [1.82, 2.24) is 14.3 Å². The van der Waals surface area contributed by atoms with Crippen molar-refractivity contribution < 1.29 is 9.18 Å². The van der Waals surface area contributed by atoms with Crippen molar-refractivity contribution in [2.24, 2.45) is 0 Å². The molecule has 0 bridgehead atoms. The van der Waals surface area contributed by atoms with Crippen LogP contribution in [0.3, 0.4) is 0 Å². The topological polar surface area (TPSA) is 55.5 Å². The van der Waals surface area contributed by atoms with Crippen molar-refractivity contribution >= 4 is 22.5 Å². The van der Waals surface area contributed by atoms with Crippen LogP contribution >= 0.6 is 0 Å². The zero-order chi connectivity index (χ0) is 21.1. The van der Waals surface area contributed by atoms with Crippen LogP contribution in [-0.2, 0) is 17.8 Å². The summed E-state index contributed by atoms with van der Waals surface area (Å²) in [6, 6.07) is 16.1. The van der Waals surface area contributed by atoms with Gasteiger partial charge in [0.15, 0.2) is 0 Å². The molecule has 1 amide bonds. The minimum atomic E-state index is -0.392. The highest BCUT2D eigenvalue weighted by Gasteiger charge is 2.12. The number of halogens is 1. The highest BCUT2D eigenvalue weighted by Crippen LogP contribution is 2.17. The third kappa shape index (κ3) is 3.99. The van der Waals surface area contributed by atoms with Crippen LogP contribution in [0, 0.1) is 12.7 Å². The van der Waals surface area contributed by atoms with E-state index in [1.165, 1.54) is 23.3 Å². The average molecular weight is 405 g/mol. The number of benzene rings is 2. The summed E-state index contributed by atoms with van der Waals surface area (Å²) in [7, 11) is 0. The Morgan fingerprint density at radius 3 is 2.70 bits per heavy atom. The molecule has 0 aliphatic heterocycles. The second kappa shape index (κ2) is 8.53. The van der Waals surface area contributed by atoms with Crippen LogP contribution in [0.2, 0.25) is 0 Å². The van der Waals surface area contributed by atoms with Gasteiger partial charge in [-0.05, 0) is 61.2 Å². The first-order valence-electron chi connectivity index (χ1n) is 10.1. The van der Waals surface area contributed by atoms with Crippen molar-refractivity contribution in [3.63, 3.8) is 0 Å². The summed E-state index contributed by atoms with van der Waals surface area (Å²) in [6.45, 7) is 2.99. The molecule has 1 N–H and O–H groups in total. The molecule has 0 saturated carbocycles. The number of nitrogens with zero attached hydrogens (tertiary/aromatic N) is 2. The fourth-order valence-electron chi connectivity index (χ4n) is 3.86. The van der Waals surface area contributed by atoms with Crippen LogP contribution in [0.4, 0.5) is 4.39 Å². The maximum absolute atomic E-state index is 13.8. The first kappa shape index (κ1) is 19.9. The monoisotopic (exact) mass is 405 g/mol. The number of nitrogens with one attached hydrogen (secondary N) is 1. The van der Waals surface area contributed by atoms with Gasteiger partial charge in [0.1, 0.15) is 11.3 Å². The van der Waals surface area contributed by atoms with Crippen LogP contribution < -0.4 is 10.9 Å². The van der Waals surface area contributed by atoms with E-state index < -0.39 is 5.82 Å². The normalized spacial score (nSPS) is 11.3. The Labute approximate surface area is 173 Å². The second-order valence-electron chi connectivity index (χ2n) is 7.48. The van der Waals surface area contributed by atoms with Gasteiger partial charge in [0.2, 0.25) is 5.91 Å². The molecule has 154 valence electrons. The molecule has 0 spiro atoms. The lowest BCUT2D eigenvalue weighted by molar-refractivity contribution is -0.121. The molecular formula is C24H24FN3O2. The van der Waals surface area contributed by atoms with E-state index in [0.717, 1.165) is 11.9 Å². The minimum absolute atomic E-state index is 0.0455. The standard InChI is InChI=1S/C24H24FN3O2/c1-17-6-2-3-7-18(17)12-13-26-23(29)9-5-15-28-22-16-19(25)10-11-20(22)27-14-4-8-21(27)24(28)30/h2-4,6-8,10-11,14,16H,5,9,12-13,15H2,1H3,(H,26,29). The van der Waals surface area contributed by atoms with Gasteiger partial charge in [0.05, 0.1) is 11.0 Å². The summed E-state index contributed by atoms with van der Waals surface area (Å²) in [5, 5.41) is 2.94. The lowest BCUT2D eigenvalue weighted by Crippen LogP contribution is -2.27. The highest BCUT2D eigenvalue weighted by molar-refractivity contribution is 5.79. The Morgan fingerprint density at radius 2 is 1.87 bits per heavy atom. The Balaban J connectivity index is 1.41. The predicted molar refractivity (Wildman–Crippen MR) is 116 cm³/mol. The van der Waals surface area contributed by atoms with E-state index in [9.17, 15) is 14.0 Å². The van der Waals surface area contributed by atoms with Gasteiger partial charge >= 0.3 is 0 Å². The van der Waals surface area contributed by atoms with Gasteiger partial charge < -0.3 is 14.3 Å². The van der Waals surface area contributed by atoms with E-state index in [1.54, 1.807) is 33.4 Å². The molecule has 4 rings (SSSR count). The maximum atomic E-state index is 13.8. The van der Waals surface area contributed by atoms with E-state index in [4.69, 9.17) is 0 Å². The van der Waals surface area contributed by atoms with E-state index in [0.29, 0.717) is 37.0 Å². The van der Waals surface area contributed by atoms with E-state index in [-0.39, 0.29) is 11.5 Å². The number of amides is 1. The van der Waals surface area contributed by atoms with Crippen molar-refractivity contribution in [2.45, 2.75) is 32.7 Å². The number of hydrogen-bond donors (Lipinski definition) is 1. The fraction of sp³-hybridized carbons (Fsp3) is 0.250. The first-order chi connectivity index (χ1) is 14.5. The number of fused-ring (bicyclic) bond motifs is 3. The van der Waals surface area contributed by atoms with E-state index in [2.05, 4.69) is 24.4 Å². The molecule has 2 aromatic carbocycles. The largest absolute Gasteiger partial charge is 0.356 e. The third-order valence-corrected chi connectivity index (χ3v) is 5.46. The Bertz CT molecular complexity index is 1270. The Morgan fingerprint density at radius 1 is 1.03 bits per heavy atom. The number of aromatic nitrogens is 2. The van der Waals surface area contributed by atoms with Crippen LogP contribution in [-0.4, -0.2) is 21.4 Å². The van der Waals surface area contributed by atoms with Gasteiger partial charge in [-0.15, -0.1) is 0 Å². The Kier molecular flexibility index (Phi) is 5.65. The maximum Gasteiger partial charge on any atom is 0.275 e. The molecule has 30 heavy (non-hydrogen) atoms. The van der Waals surface area contributed by atoms with Gasteiger partial charge in [-0.1, -0.05) is 24.3 Å². The molecule has 2 heterocycles. The zero-order valence-electron chi connectivity index (χ0n) is 16.9. The molecule has 0 saturated heterocycles. The molecule has 4 aromatic rings. The lowest BCUT2D eigenvalue weighted by atomic mass is 10.1. The zero-order valence-corrected chi connectivity index (χ0v) is 16.9. The third-order valence-electron chi connectivity index (χ3n) is 5.46. The van der Waals surface area contributed by atoms with E-state index in [1.807, 2.05) is 12.1 Å². The minimum Gasteiger partial charge on any atom is -0.356 e. The summed E-state index contributed by atoms with van der Waals surface area (Å²) in [6.07, 6.45) is 3.39. The molecule has 6 heteroatoms. The second-order valence-corrected chi connectivity index (χ2v) is 7.48. The van der Waals surface area contributed by atoms with Gasteiger partial charge in [0, 0.05) is 25.7 Å². The van der Waals surface area contributed by atoms with Crippen molar-refractivity contribution in [3.8, 4) is 0 Å². The fourth-order valence-corrected chi connectivity index (χ4v) is 3.86. The van der Waals surface area contributed by atoms with Gasteiger partial charge in [0.25, 0.3) is 5.56 Å². The van der Waals surface area contributed by atoms with E-state index >= 15 is 0 Å². The smallest absolute Gasteiger partial charge is 0.275 e. The predicted octanol–water partition coefficient (Wildman–Crippen LogP) is 3.84. The van der Waals surface area contributed by atoms with Crippen LogP contribution in [0.1, 0.15) is 24.0 Å².